The smallest absolute Gasteiger partial charge is 0.164 e. The molecule has 11 rings (SSSR count). The van der Waals surface area contributed by atoms with Crippen LogP contribution >= 0.6 is 11.3 Å². The molecule has 0 saturated carbocycles. The number of hydrogen-bond donors (Lipinski definition) is 0. The highest BCUT2D eigenvalue weighted by Crippen LogP contribution is 2.43. The van der Waals surface area contributed by atoms with E-state index in [9.17, 15) is 0 Å². The summed E-state index contributed by atoms with van der Waals surface area (Å²) in [5, 5.41) is 5.06. The van der Waals surface area contributed by atoms with Gasteiger partial charge in [0.15, 0.2) is 17.5 Å². The second-order valence-corrected chi connectivity index (χ2v) is 20.0. The second kappa shape index (κ2) is 15.3. The van der Waals surface area contributed by atoms with Crippen LogP contribution in [0.5, 0.6) is 0 Å². The third kappa shape index (κ3) is 6.97. The Labute approximate surface area is 378 Å². The summed E-state index contributed by atoms with van der Waals surface area (Å²) in [5.41, 5.74) is 13.4. The van der Waals surface area contributed by atoms with Crippen LogP contribution in [-0.2, 0) is 10.8 Å². The SMILES string of the molecule is CC(C)(C)c1ccc2c(c1)c1cc(C(C)(C)C)ccc1n2-c1cc(-c2nc(-c3ccccc3)nc(-c3cccc(-c4cccc5c4sc4ccccc45)c3)n2)ccc1-c1ccccc1. The van der Waals surface area contributed by atoms with E-state index in [4.69, 9.17) is 15.0 Å². The van der Waals surface area contributed by atoms with Crippen molar-refractivity contribution in [2.45, 2.75) is 52.4 Å². The lowest BCUT2D eigenvalue weighted by Crippen LogP contribution is -2.10. The quantitative estimate of drug-likeness (QED) is 0.167. The molecule has 0 aliphatic heterocycles. The minimum atomic E-state index is -0.00230. The Bertz CT molecular complexity index is 3500. The number of thiophene rings is 1. The van der Waals surface area contributed by atoms with Crippen molar-refractivity contribution in [2.75, 3.05) is 0 Å². The largest absolute Gasteiger partial charge is 0.309 e. The van der Waals surface area contributed by atoms with Gasteiger partial charge in [-0.05, 0) is 81.1 Å². The van der Waals surface area contributed by atoms with Crippen LogP contribution in [0.3, 0.4) is 0 Å². The van der Waals surface area contributed by atoms with Gasteiger partial charge in [0.05, 0.1) is 16.7 Å². The Morgan fingerprint density at radius 3 is 1.53 bits per heavy atom. The predicted octanol–water partition coefficient (Wildman–Crippen LogP) is 16.3. The fourth-order valence-corrected chi connectivity index (χ4v) is 10.3. The van der Waals surface area contributed by atoms with Crippen LogP contribution in [0.2, 0.25) is 0 Å². The second-order valence-electron chi connectivity index (χ2n) is 18.9. The highest BCUT2D eigenvalue weighted by molar-refractivity contribution is 7.26. The summed E-state index contributed by atoms with van der Waals surface area (Å²) in [6, 6.07) is 65.6. The van der Waals surface area contributed by atoms with Crippen LogP contribution in [0.25, 0.3) is 104 Å². The number of nitrogens with zero attached hydrogens (tertiary/aromatic N) is 4. The molecule has 0 bridgehead atoms. The lowest BCUT2D eigenvalue weighted by molar-refractivity contribution is 0.590. The first-order valence-corrected chi connectivity index (χ1v) is 22.9. The average molecular weight is 845 g/mol. The van der Waals surface area contributed by atoms with Gasteiger partial charge in [-0.15, -0.1) is 11.3 Å². The summed E-state index contributed by atoms with van der Waals surface area (Å²) in [6.45, 7) is 13.7. The van der Waals surface area contributed by atoms with Gasteiger partial charge < -0.3 is 4.57 Å². The summed E-state index contributed by atoms with van der Waals surface area (Å²) >= 11 is 1.84. The molecule has 0 unspecified atom stereocenters. The maximum atomic E-state index is 5.33. The first kappa shape index (κ1) is 39.6. The van der Waals surface area contributed by atoms with E-state index in [1.807, 2.05) is 29.5 Å². The van der Waals surface area contributed by atoms with Crippen LogP contribution < -0.4 is 0 Å². The van der Waals surface area contributed by atoms with Crippen molar-refractivity contribution in [3.8, 4) is 62.1 Å². The van der Waals surface area contributed by atoms with Crippen LogP contribution in [0, 0.1) is 0 Å². The zero-order chi connectivity index (χ0) is 43.7. The van der Waals surface area contributed by atoms with Gasteiger partial charge in [0.1, 0.15) is 0 Å². The Morgan fingerprint density at radius 1 is 0.375 bits per heavy atom. The van der Waals surface area contributed by atoms with Gasteiger partial charge in [0, 0.05) is 53.2 Å². The minimum absolute atomic E-state index is 0.00230. The summed E-state index contributed by atoms with van der Waals surface area (Å²) in [6.07, 6.45) is 0. The Hall–Kier alpha value is -7.21. The molecule has 8 aromatic carbocycles. The van der Waals surface area contributed by atoms with Crippen molar-refractivity contribution in [1.29, 1.82) is 0 Å². The van der Waals surface area contributed by atoms with Crippen LogP contribution in [0.4, 0.5) is 0 Å². The van der Waals surface area contributed by atoms with Crippen molar-refractivity contribution >= 4 is 53.3 Å². The molecule has 4 nitrogen and oxygen atoms in total. The Balaban J connectivity index is 1.13. The zero-order valence-electron chi connectivity index (χ0n) is 37.0. The fourth-order valence-electron chi connectivity index (χ4n) is 9.08. The van der Waals surface area contributed by atoms with Gasteiger partial charge in [-0.25, -0.2) is 15.0 Å². The molecule has 64 heavy (non-hydrogen) atoms. The maximum Gasteiger partial charge on any atom is 0.164 e. The molecule has 0 spiro atoms. The Kier molecular flexibility index (Phi) is 9.44. The zero-order valence-corrected chi connectivity index (χ0v) is 37.8. The number of fused-ring (bicyclic) bond motifs is 6. The van der Waals surface area contributed by atoms with Gasteiger partial charge in [-0.2, -0.15) is 0 Å². The molecule has 0 saturated heterocycles. The molecule has 0 aliphatic carbocycles. The summed E-state index contributed by atoms with van der Waals surface area (Å²) in [4.78, 5) is 15.8. The molecule has 0 atom stereocenters. The standard InChI is InChI=1S/C59H48N4S/c1-58(2,3)42-28-31-50-48(35-42)49-36-43(59(4,5)6)29-32-51(49)63(50)52-34-41(27-30-44(52)37-17-9-7-10-18-37)57-61-55(38-19-11-8-12-20-38)60-56(62-57)40-22-15-21-39(33-40)45-24-16-25-47-46-23-13-14-26-53(46)64-54(45)47/h7-36H,1-6H3. The van der Waals surface area contributed by atoms with Crippen molar-refractivity contribution in [2.24, 2.45) is 0 Å². The lowest BCUT2D eigenvalue weighted by atomic mass is 9.85. The Morgan fingerprint density at radius 2 is 0.891 bits per heavy atom. The number of benzene rings is 8. The summed E-state index contributed by atoms with van der Waals surface area (Å²) in [5.74, 6) is 1.88. The van der Waals surface area contributed by atoms with E-state index in [-0.39, 0.29) is 10.8 Å². The predicted molar refractivity (Wildman–Crippen MR) is 272 cm³/mol. The minimum Gasteiger partial charge on any atom is -0.309 e. The summed E-state index contributed by atoms with van der Waals surface area (Å²) < 4.78 is 5.02. The van der Waals surface area contributed by atoms with Crippen molar-refractivity contribution in [3.05, 3.63) is 193 Å². The lowest BCUT2D eigenvalue weighted by Gasteiger charge is -2.19. The van der Waals surface area contributed by atoms with Crippen molar-refractivity contribution in [1.82, 2.24) is 19.5 Å². The van der Waals surface area contributed by atoms with Gasteiger partial charge in [0.25, 0.3) is 0 Å². The molecule has 310 valence electrons. The molecule has 5 heteroatoms. The van der Waals surface area contributed by atoms with Crippen molar-refractivity contribution in [3.63, 3.8) is 0 Å². The number of hydrogen-bond acceptors (Lipinski definition) is 4. The third-order valence-corrected chi connectivity index (χ3v) is 13.8. The van der Waals surface area contributed by atoms with Crippen LogP contribution in [-0.4, -0.2) is 19.5 Å². The average Bonchev–Trinajstić information content (AvgIpc) is 3.86. The first-order chi connectivity index (χ1) is 31.0. The molecular weight excluding hydrogens is 797 g/mol. The molecule has 3 heterocycles. The fraction of sp³-hybridized carbons (Fsp3) is 0.136. The third-order valence-electron chi connectivity index (χ3n) is 12.6. The van der Waals surface area contributed by atoms with Crippen molar-refractivity contribution < 1.29 is 0 Å². The molecule has 0 N–H and O–H groups in total. The topological polar surface area (TPSA) is 43.6 Å². The van der Waals surface area contributed by atoms with E-state index >= 15 is 0 Å². The van der Waals surface area contributed by atoms with E-state index in [1.54, 1.807) is 0 Å². The van der Waals surface area contributed by atoms with E-state index in [0.717, 1.165) is 50.1 Å². The molecule has 11 aromatic rings. The number of aromatic nitrogens is 4. The van der Waals surface area contributed by atoms with Gasteiger partial charge in [-0.3, -0.25) is 0 Å². The van der Waals surface area contributed by atoms with E-state index in [1.165, 1.54) is 47.6 Å². The molecular formula is C59H48N4S. The van der Waals surface area contributed by atoms with E-state index < -0.39 is 0 Å². The molecule has 0 amide bonds. The highest BCUT2D eigenvalue weighted by Gasteiger charge is 2.23. The molecule has 0 radical (unpaired) electrons. The van der Waals surface area contributed by atoms with Gasteiger partial charge in [-0.1, -0.05) is 181 Å². The van der Waals surface area contributed by atoms with Gasteiger partial charge >= 0.3 is 0 Å². The number of rotatable bonds is 6. The normalized spacial score (nSPS) is 12.2. The first-order valence-electron chi connectivity index (χ1n) is 22.1. The molecule has 0 fully saturated rings. The molecule has 0 aliphatic rings. The van der Waals surface area contributed by atoms with E-state index in [2.05, 4.69) is 210 Å². The summed E-state index contributed by atoms with van der Waals surface area (Å²) in [7, 11) is 0. The van der Waals surface area contributed by atoms with Crippen LogP contribution in [0.1, 0.15) is 52.7 Å². The van der Waals surface area contributed by atoms with E-state index in [0.29, 0.717) is 17.5 Å². The highest BCUT2D eigenvalue weighted by atomic mass is 32.1. The maximum absolute atomic E-state index is 5.33. The molecule has 3 aromatic heterocycles. The van der Waals surface area contributed by atoms with Crippen LogP contribution in [0.15, 0.2) is 182 Å². The monoisotopic (exact) mass is 844 g/mol. The van der Waals surface area contributed by atoms with Gasteiger partial charge in [0.2, 0.25) is 0 Å².